The van der Waals surface area contributed by atoms with Gasteiger partial charge in [0, 0.05) is 0 Å². The topological polar surface area (TPSA) is 99.9 Å². The maximum Gasteiger partial charge on any atom is 0.331 e. The SMILES string of the molecule is O=C1NC(=O)N(Cc2ccco2)C(=O)C1=Cc1cccc(O)c1. The van der Waals surface area contributed by atoms with Crippen LogP contribution in [0.4, 0.5) is 4.79 Å². The first kappa shape index (κ1) is 14.6. The first-order chi connectivity index (χ1) is 11.0. The van der Waals surface area contributed by atoms with E-state index in [9.17, 15) is 19.5 Å². The van der Waals surface area contributed by atoms with Crippen LogP contribution in [0.15, 0.2) is 52.7 Å². The minimum absolute atomic E-state index is 0.00605. The standard InChI is InChI=1S/C16H12N2O5/c19-11-4-1-3-10(7-11)8-13-14(20)17-16(22)18(15(13)21)9-12-5-2-6-23-12/h1-8,19H,9H2,(H,17,20,22). The van der Waals surface area contributed by atoms with Crippen molar-refractivity contribution < 1.29 is 23.9 Å². The molecule has 7 heteroatoms. The van der Waals surface area contributed by atoms with Crippen LogP contribution in [-0.4, -0.2) is 27.9 Å². The Labute approximate surface area is 130 Å². The van der Waals surface area contributed by atoms with Crippen LogP contribution < -0.4 is 5.32 Å². The molecule has 3 rings (SSSR count). The van der Waals surface area contributed by atoms with Crippen molar-refractivity contribution in [3.63, 3.8) is 0 Å². The Balaban J connectivity index is 1.92. The van der Waals surface area contributed by atoms with E-state index in [0.717, 1.165) is 4.90 Å². The third kappa shape index (κ3) is 2.98. The Kier molecular flexibility index (Phi) is 3.68. The van der Waals surface area contributed by atoms with E-state index < -0.39 is 17.8 Å². The molecule has 0 aliphatic carbocycles. The van der Waals surface area contributed by atoms with E-state index in [0.29, 0.717) is 11.3 Å². The Morgan fingerprint density at radius 1 is 1.17 bits per heavy atom. The van der Waals surface area contributed by atoms with E-state index in [-0.39, 0.29) is 17.9 Å². The molecule has 1 aromatic carbocycles. The summed E-state index contributed by atoms with van der Waals surface area (Å²) in [6.45, 7) is -0.0810. The van der Waals surface area contributed by atoms with Gasteiger partial charge in [-0.05, 0) is 35.9 Å². The summed E-state index contributed by atoms with van der Waals surface area (Å²) in [7, 11) is 0. The van der Waals surface area contributed by atoms with Crippen LogP contribution in [0.5, 0.6) is 5.75 Å². The molecular weight excluding hydrogens is 300 g/mol. The molecule has 1 aliphatic heterocycles. The number of urea groups is 1. The Morgan fingerprint density at radius 3 is 2.70 bits per heavy atom. The number of rotatable bonds is 3. The van der Waals surface area contributed by atoms with Crippen molar-refractivity contribution in [2.45, 2.75) is 6.54 Å². The normalized spacial score (nSPS) is 16.8. The summed E-state index contributed by atoms with van der Waals surface area (Å²) in [6.07, 6.45) is 2.75. The van der Waals surface area contributed by atoms with Crippen molar-refractivity contribution >= 4 is 23.9 Å². The van der Waals surface area contributed by atoms with Crippen molar-refractivity contribution in [3.8, 4) is 5.75 Å². The molecule has 1 aromatic heterocycles. The first-order valence-corrected chi connectivity index (χ1v) is 6.75. The summed E-state index contributed by atoms with van der Waals surface area (Å²) in [4.78, 5) is 37.1. The molecule has 0 atom stereocenters. The molecule has 7 nitrogen and oxygen atoms in total. The van der Waals surface area contributed by atoms with E-state index in [2.05, 4.69) is 5.32 Å². The van der Waals surface area contributed by atoms with E-state index in [1.165, 1.54) is 24.5 Å². The Hall–Kier alpha value is -3.35. The number of phenols is 1. The number of phenolic OH excluding ortho intramolecular Hbond substituents is 1. The number of furan rings is 1. The summed E-state index contributed by atoms with van der Waals surface area (Å²) < 4.78 is 5.12. The van der Waals surface area contributed by atoms with Gasteiger partial charge in [-0.25, -0.2) is 4.79 Å². The summed E-state index contributed by atoms with van der Waals surface area (Å²) in [5, 5.41) is 11.6. The minimum atomic E-state index is -0.801. The van der Waals surface area contributed by atoms with Gasteiger partial charge in [-0.15, -0.1) is 0 Å². The average molecular weight is 312 g/mol. The molecule has 116 valence electrons. The van der Waals surface area contributed by atoms with Gasteiger partial charge in [0.2, 0.25) is 0 Å². The highest BCUT2D eigenvalue weighted by Crippen LogP contribution is 2.19. The molecule has 2 heterocycles. The molecule has 0 bridgehead atoms. The molecule has 2 N–H and O–H groups in total. The third-order valence-corrected chi connectivity index (χ3v) is 3.26. The molecule has 4 amide bonds. The highest BCUT2D eigenvalue weighted by molar-refractivity contribution is 6.30. The smallest absolute Gasteiger partial charge is 0.331 e. The molecular formula is C16H12N2O5. The lowest BCUT2D eigenvalue weighted by Gasteiger charge is -2.25. The fourth-order valence-corrected chi connectivity index (χ4v) is 2.18. The fourth-order valence-electron chi connectivity index (χ4n) is 2.18. The van der Waals surface area contributed by atoms with Gasteiger partial charge >= 0.3 is 6.03 Å². The van der Waals surface area contributed by atoms with Gasteiger partial charge in [0.15, 0.2) is 0 Å². The van der Waals surface area contributed by atoms with Gasteiger partial charge in [0.25, 0.3) is 11.8 Å². The number of hydrogen-bond donors (Lipinski definition) is 2. The zero-order chi connectivity index (χ0) is 16.4. The monoisotopic (exact) mass is 312 g/mol. The number of nitrogens with one attached hydrogen (secondary N) is 1. The number of benzene rings is 1. The number of hydrogen-bond acceptors (Lipinski definition) is 5. The van der Waals surface area contributed by atoms with Crippen LogP contribution in [0.1, 0.15) is 11.3 Å². The molecule has 0 saturated carbocycles. The molecule has 0 unspecified atom stereocenters. The maximum atomic E-state index is 12.4. The zero-order valence-corrected chi connectivity index (χ0v) is 11.9. The fraction of sp³-hybridized carbons (Fsp3) is 0.0625. The number of carbonyl (C=O) groups excluding carboxylic acids is 3. The second-order valence-corrected chi connectivity index (χ2v) is 4.88. The van der Waals surface area contributed by atoms with Gasteiger partial charge in [0.05, 0.1) is 12.8 Å². The second kappa shape index (κ2) is 5.80. The van der Waals surface area contributed by atoms with E-state index in [1.54, 1.807) is 24.3 Å². The van der Waals surface area contributed by atoms with Crippen molar-refractivity contribution in [1.29, 1.82) is 0 Å². The van der Waals surface area contributed by atoms with Gasteiger partial charge in [-0.3, -0.25) is 19.8 Å². The van der Waals surface area contributed by atoms with Gasteiger partial charge < -0.3 is 9.52 Å². The summed E-state index contributed by atoms with van der Waals surface area (Å²) in [5.41, 5.74) is 0.276. The predicted molar refractivity (Wildman–Crippen MR) is 78.9 cm³/mol. The van der Waals surface area contributed by atoms with E-state index in [1.807, 2.05) is 0 Å². The molecule has 0 spiro atoms. The lowest BCUT2D eigenvalue weighted by Crippen LogP contribution is -2.53. The molecule has 1 saturated heterocycles. The van der Waals surface area contributed by atoms with Gasteiger partial charge in [0.1, 0.15) is 17.1 Å². The molecule has 0 radical (unpaired) electrons. The van der Waals surface area contributed by atoms with Crippen molar-refractivity contribution in [2.24, 2.45) is 0 Å². The highest BCUT2D eigenvalue weighted by atomic mass is 16.3. The molecule has 1 fully saturated rings. The molecule has 1 aliphatic rings. The van der Waals surface area contributed by atoms with E-state index in [4.69, 9.17) is 4.42 Å². The lowest BCUT2D eigenvalue weighted by atomic mass is 10.1. The van der Waals surface area contributed by atoms with Crippen molar-refractivity contribution in [1.82, 2.24) is 10.2 Å². The number of carbonyl (C=O) groups is 3. The lowest BCUT2D eigenvalue weighted by molar-refractivity contribution is -0.130. The number of amides is 4. The number of nitrogens with zero attached hydrogens (tertiary/aromatic N) is 1. The summed E-state index contributed by atoms with van der Waals surface area (Å²) >= 11 is 0. The van der Waals surface area contributed by atoms with Crippen LogP contribution in [-0.2, 0) is 16.1 Å². The predicted octanol–water partition coefficient (Wildman–Crippen LogP) is 1.65. The number of barbiturate groups is 1. The molecule has 23 heavy (non-hydrogen) atoms. The van der Waals surface area contributed by atoms with E-state index >= 15 is 0 Å². The highest BCUT2D eigenvalue weighted by Gasteiger charge is 2.36. The van der Waals surface area contributed by atoms with Gasteiger partial charge in [-0.2, -0.15) is 0 Å². The van der Waals surface area contributed by atoms with Crippen LogP contribution >= 0.6 is 0 Å². The zero-order valence-electron chi connectivity index (χ0n) is 11.9. The first-order valence-electron chi connectivity index (χ1n) is 6.75. The Bertz CT molecular complexity index is 808. The third-order valence-electron chi connectivity index (χ3n) is 3.26. The summed E-state index contributed by atoms with van der Waals surface area (Å²) in [5.74, 6) is -1.08. The Morgan fingerprint density at radius 2 is 2.00 bits per heavy atom. The quantitative estimate of drug-likeness (QED) is 0.663. The van der Waals surface area contributed by atoms with Crippen LogP contribution in [0, 0.1) is 0 Å². The largest absolute Gasteiger partial charge is 0.508 e. The van der Waals surface area contributed by atoms with Crippen LogP contribution in [0.25, 0.3) is 6.08 Å². The molecule has 2 aromatic rings. The minimum Gasteiger partial charge on any atom is -0.508 e. The van der Waals surface area contributed by atoms with Crippen LogP contribution in [0.3, 0.4) is 0 Å². The van der Waals surface area contributed by atoms with Gasteiger partial charge in [-0.1, -0.05) is 12.1 Å². The maximum absolute atomic E-state index is 12.4. The number of imide groups is 2. The summed E-state index contributed by atoms with van der Waals surface area (Å²) in [6, 6.07) is 8.54. The van der Waals surface area contributed by atoms with Crippen molar-refractivity contribution in [3.05, 3.63) is 59.6 Å². The average Bonchev–Trinajstić information content (AvgIpc) is 3.01. The van der Waals surface area contributed by atoms with Crippen molar-refractivity contribution in [2.75, 3.05) is 0 Å². The van der Waals surface area contributed by atoms with Crippen LogP contribution in [0.2, 0.25) is 0 Å². The number of aromatic hydroxyl groups is 1. The second-order valence-electron chi connectivity index (χ2n) is 4.88.